The van der Waals surface area contributed by atoms with Crippen LogP contribution >= 0.6 is 11.8 Å². The number of benzene rings is 1. The van der Waals surface area contributed by atoms with Gasteiger partial charge in [-0.1, -0.05) is 13.8 Å². The van der Waals surface area contributed by atoms with Crippen LogP contribution in [0.5, 0.6) is 11.5 Å². The first-order chi connectivity index (χ1) is 15.8. The van der Waals surface area contributed by atoms with Gasteiger partial charge in [-0.2, -0.15) is 5.10 Å². The summed E-state index contributed by atoms with van der Waals surface area (Å²) in [5.41, 5.74) is 2.15. The first kappa shape index (κ1) is 23.1. The van der Waals surface area contributed by atoms with E-state index in [4.69, 9.17) is 9.47 Å². The van der Waals surface area contributed by atoms with Crippen LogP contribution in [0.3, 0.4) is 0 Å². The van der Waals surface area contributed by atoms with Crippen molar-refractivity contribution >= 4 is 34.1 Å². The van der Waals surface area contributed by atoms with Gasteiger partial charge in [0.2, 0.25) is 0 Å². The number of rotatable bonds is 8. The van der Waals surface area contributed by atoms with Crippen LogP contribution in [0.15, 0.2) is 52.8 Å². The van der Waals surface area contributed by atoms with Gasteiger partial charge in [0.05, 0.1) is 47.8 Å². The normalized spacial score (nSPS) is 12.3. The van der Waals surface area contributed by atoms with Crippen LogP contribution in [0, 0.1) is 5.82 Å². The number of imidazole rings is 1. The number of halogens is 1. The maximum atomic E-state index is 15.0. The van der Waals surface area contributed by atoms with E-state index in [1.54, 1.807) is 49.1 Å². The molecule has 0 saturated heterocycles. The van der Waals surface area contributed by atoms with Gasteiger partial charge in [-0.25, -0.2) is 13.6 Å². The molecule has 1 aromatic carbocycles. The van der Waals surface area contributed by atoms with Gasteiger partial charge in [0.15, 0.2) is 22.6 Å². The lowest BCUT2D eigenvalue weighted by Gasteiger charge is -2.14. The van der Waals surface area contributed by atoms with Gasteiger partial charge < -0.3 is 9.47 Å². The number of nitrogens with one attached hydrogen (secondary N) is 1. The van der Waals surface area contributed by atoms with Gasteiger partial charge in [-0.15, -0.1) is 11.8 Å². The summed E-state index contributed by atoms with van der Waals surface area (Å²) in [5.74, 6) is 0.122. The first-order valence-electron chi connectivity index (χ1n) is 10.1. The molecule has 11 heteroatoms. The molecule has 1 unspecified atom stereocenters. The van der Waals surface area contributed by atoms with Gasteiger partial charge in [0.25, 0.3) is 0 Å². The van der Waals surface area contributed by atoms with Crippen LogP contribution in [0.1, 0.15) is 13.8 Å². The van der Waals surface area contributed by atoms with Crippen LogP contribution in [0.4, 0.5) is 10.1 Å². The van der Waals surface area contributed by atoms with Crippen LogP contribution < -0.4 is 14.2 Å². The summed E-state index contributed by atoms with van der Waals surface area (Å²) in [5, 5.41) is 4.38. The molecule has 174 valence electrons. The van der Waals surface area contributed by atoms with Crippen molar-refractivity contribution in [2.24, 2.45) is 7.05 Å². The molecular weight excluding hydrogens is 465 g/mol. The Morgan fingerprint density at radius 1 is 1.15 bits per heavy atom. The molecule has 0 aliphatic rings. The second kappa shape index (κ2) is 9.44. The molecule has 0 aliphatic carbocycles. The van der Waals surface area contributed by atoms with Gasteiger partial charge >= 0.3 is 0 Å². The summed E-state index contributed by atoms with van der Waals surface area (Å²) in [6.07, 6.45) is 6.72. The van der Waals surface area contributed by atoms with Crippen molar-refractivity contribution in [2.45, 2.75) is 28.9 Å². The lowest BCUT2D eigenvalue weighted by molar-refractivity contribution is 0.389. The molecule has 0 saturated carbocycles. The van der Waals surface area contributed by atoms with E-state index in [-0.39, 0.29) is 11.4 Å². The summed E-state index contributed by atoms with van der Waals surface area (Å²) in [6, 6.07) is 4.92. The number of hydrogen-bond donors (Lipinski definition) is 1. The highest BCUT2D eigenvalue weighted by Gasteiger charge is 2.19. The number of pyridine rings is 1. The summed E-state index contributed by atoms with van der Waals surface area (Å²) in [6.45, 7) is 4.20. The molecule has 1 atom stereocenters. The Bertz CT molecular complexity index is 1340. The molecule has 3 aromatic heterocycles. The van der Waals surface area contributed by atoms with Crippen LogP contribution in [-0.2, 0) is 18.0 Å². The fourth-order valence-electron chi connectivity index (χ4n) is 3.38. The molecule has 4 rings (SSSR count). The molecule has 3 heterocycles. The summed E-state index contributed by atoms with van der Waals surface area (Å²) >= 11 is 1.66. The minimum Gasteiger partial charge on any atom is -0.495 e. The molecule has 0 radical (unpaired) electrons. The predicted molar refractivity (Wildman–Crippen MR) is 128 cm³/mol. The SMILES string of the molecule is COc1cc2ncc(-c3cc(F)c(OC)c(NS(=O)c4cnn(C)c4)c3)n2cc1SC(C)C. The number of nitrogens with zero attached hydrogens (tertiary/aromatic N) is 4. The standard InChI is InChI=1S/C22H24FN5O3S2/c1-13(2)32-20-12-28-18(10-24-21(28)8-19(20)30-4)14-6-16(23)22(31-5)17(7-14)26-33(29)15-9-25-27(3)11-15/h6-13,26H,1-5H3. The zero-order chi connectivity index (χ0) is 23.7. The molecule has 0 bridgehead atoms. The molecule has 0 spiro atoms. The minimum atomic E-state index is -1.65. The summed E-state index contributed by atoms with van der Waals surface area (Å²) in [4.78, 5) is 5.87. The molecule has 0 amide bonds. The third-order valence-electron chi connectivity index (χ3n) is 4.80. The molecular formula is C22H24FN5O3S2. The van der Waals surface area contributed by atoms with E-state index in [0.29, 0.717) is 27.0 Å². The average Bonchev–Trinajstić information content (AvgIpc) is 3.38. The predicted octanol–water partition coefficient (Wildman–Crippen LogP) is 4.53. The quantitative estimate of drug-likeness (QED) is 0.366. The van der Waals surface area contributed by atoms with Crippen LogP contribution in [0.25, 0.3) is 16.9 Å². The Hall–Kier alpha value is -3.05. The van der Waals surface area contributed by atoms with E-state index in [2.05, 4.69) is 28.7 Å². The Morgan fingerprint density at radius 3 is 2.58 bits per heavy atom. The van der Waals surface area contributed by atoms with Gasteiger partial charge in [0.1, 0.15) is 11.4 Å². The van der Waals surface area contributed by atoms with Crippen molar-refractivity contribution in [1.29, 1.82) is 0 Å². The Morgan fingerprint density at radius 2 is 1.94 bits per heavy atom. The van der Waals surface area contributed by atoms with Crippen molar-refractivity contribution in [3.63, 3.8) is 0 Å². The lowest BCUT2D eigenvalue weighted by atomic mass is 10.1. The number of methoxy groups -OCH3 is 2. The number of anilines is 1. The smallest absolute Gasteiger partial charge is 0.178 e. The van der Waals surface area contributed by atoms with Crippen molar-refractivity contribution < 1.29 is 18.1 Å². The molecule has 0 fully saturated rings. The zero-order valence-corrected chi connectivity index (χ0v) is 20.5. The van der Waals surface area contributed by atoms with Crippen molar-refractivity contribution in [3.05, 3.63) is 48.8 Å². The van der Waals surface area contributed by atoms with E-state index >= 15 is 0 Å². The fraction of sp³-hybridized carbons (Fsp3) is 0.273. The maximum absolute atomic E-state index is 15.0. The van der Waals surface area contributed by atoms with Crippen molar-refractivity contribution in [1.82, 2.24) is 19.2 Å². The largest absolute Gasteiger partial charge is 0.495 e. The van der Waals surface area contributed by atoms with Crippen LogP contribution in [0.2, 0.25) is 0 Å². The summed E-state index contributed by atoms with van der Waals surface area (Å²) < 4.78 is 44.8. The topological polar surface area (TPSA) is 82.7 Å². The van der Waals surface area contributed by atoms with Crippen LogP contribution in [-0.4, -0.2) is 42.8 Å². The Balaban J connectivity index is 1.79. The lowest BCUT2D eigenvalue weighted by Crippen LogP contribution is -2.07. The molecule has 1 N–H and O–H groups in total. The van der Waals surface area contributed by atoms with Gasteiger partial charge in [-0.3, -0.25) is 13.8 Å². The highest BCUT2D eigenvalue weighted by molar-refractivity contribution is 8.00. The second-order valence-electron chi connectivity index (χ2n) is 7.50. The molecule has 33 heavy (non-hydrogen) atoms. The Labute approximate surface area is 197 Å². The first-order valence-corrected chi connectivity index (χ1v) is 12.1. The summed E-state index contributed by atoms with van der Waals surface area (Å²) in [7, 11) is 3.07. The van der Waals surface area contributed by atoms with Gasteiger partial charge in [0, 0.05) is 36.3 Å². The van der Waals surface area contributed by atoms with E-state index < -0.39 is 16.8 Å². The van der Waals surface area contributed by atoms with Crippen molar-refractivity contribution in [2.75, 3.05) is 18.9 Å². The van der Waals surface area contributed by atoms with E-state index in [0.717, 1.165) is 10.6 Å². The molecule has 8 nitrogen and oxygen atoms in total. The van der Waals surface area contributed by atoms with Gasteiger partial charge in [-0.05, 0) is 12.1 Å². The number of ether oxygens (including phenoxy) is 2. The molecule has 0 aliphatic heterocycles. The highest BCUT2D eigenvalue weighted by Crippen LogP contribution is 2.37. The highest BCUT2D eigenvalue weighted by atomic mass is 32.2. The van der Waals surface area contributed by atoms with E-state index in [1.165, 1.54) is 19.4 Å². The average molecular weight is 490 g/mol. The third-order valence-corrected chi connectivity index (χ3v) is 6.88. The maximum Gasteiger partial charge on any atom is 0.178 e. The number of aryl methyl sites for hydroxylation is 1. The van der Waals surface area contributed by atoms with E-state index in [9.17, 15) is 8.60 Å². The third kappa shape index (κ3) is 4.69. The zero-order valence-electron chi connectivity index (χ0n) is 18.8. The monoisotopic (exact) mass is 489 g/mol. The number of hydrogen-bond acceptors (Lipinski definition) is 6. The second-order valence-corrected chi connectivity index (χ2v) is 10.3. The number of thioether (sulfide) groups is 1. The fourth-order valence-corrected chi connectivity index (χ4v) is 5.17. The van der Waals surface area contributed by atoms with Crippen molar-refractivity contribution in [3.8, 4) is 22.8 Å². The van der Waals surface area contributed by atoms with E-state index in [1.807, 2.05) is 16.7 Å². The Kier molecular flexibility index (Phi) is 6.61. The minimum absolute atomic E-state index is 0.0254. The number of fused-ring (bicyclic) bond motifs is 1. The number of aromatic nitrogens is 4. The molecule has 4 aromatic rings.